The van der Waals surface area contributed by atoms with E-state index in [1.165, 1.54) is 11.8 Å². The molecule has 5 rings (SSSR count). The Morgan fingerprint density at radius 1 is 1.00 bits per heavy atom. The van der Waals surface area contributed by atoms with E-state index in [1.807, 2.05) is 60.0 Å². The second kappa shape index (κ2) is 8.70. The fourth-order valence-corrected chi connectivity index (χ4v) is 3.81. The van der Waals surface area contributed by atoms with Gasteiger partial charge in [-0.3, -0.25) is 14.2 Å². The van der Waals surface area contributed by atoms with Gasteiger partial charge in [0.2, 0.25) is 5.91 Å². The van der Waals surface area contributed by atoms with E-state index in [-0.39, 0.29) is 18.0 Å². The molecule has 3 heterocycles. The number of hydrogen-bond donors (Lipinski definition) is 1. The van der Waals surface area contributed by atoms with Gasteiger partial charge in [0.1, 0.15) is 18.3 Å². The van der Waals surface area contributed by atoms with Crippen molar-refractivity contribution in [3.8, 4) is 0 Å². The molecule has 3 aromatic heterocycles. The minimum Gasteiger partial charge on any atom is -0.353 e. The zero-order valence-corrected chi connectivity index (χ0v) is 18.2. The average molecular weight is 441 g/mol. The highest BCUT2D eigenvalue weighted by Crippen LogP contribution is 2.11. The van der Waals surface area contributed by atoms with Crippen LogP contribution in [0.4, 0.5) is 0 Å². The number of imidazole rings is 1. The average Bonchev–Trinajstić information content (AvgIpc) is 3.42. The fourth-order valence-electron chi connectivity index (χ4n) is 3.81. The highest BCUT2D eigenvalue weighted by Gasteiger charge is 2.11. The van der Waals surface area contributed by atoms with E-state index in [2.05, 4.69) is 20.4 Å². The Hall–Kier alpha value is -4.27. The summed E-state index contributed by atoms with van der Waals surface area (Å²) in [5.74, 6) is -0.122. The number of aryl methyl sites for hydroxylation is 1. The second-order valence-electron chi connectivity index (χ2n) is 7.98. The minimum absolute atomic E-state index is 0.122. The molecule has 9 nitrogen and oxygen atoms in total. The van der Waals surface area contributed by atoms with Crippen LogP contribution in [-0.2, 0) is 24.4 Å². The molecule has 9 heteroatoms. The zero-order valence-electron chi connectivity index (χ0n) is 18.2. The van der Waals surface area contributed by atoms with Gasteiger partial charge < -0.3 is 9.88 Å². The van der Waals surface area contributed by atoms with Crippen LogP contribution in [0.25, 0.3) is 22.1 Å². The lowest BCUT2D eigenvalue weighted by molar-refractivity contribution is -0.121. The molecule has 0 aliphatic rings. The Labute approximate surface area is 189 Å². The molecule has 33 heavy (non-hydrogen) atoms. The molecular weight excluding hydrogens is 418 g/mol. The number of nitrogens with zero attached hydrogens (tertiary/aromatic N) is 6. The summed E-state index contributed by atoms with van der Waals surface area (Å²) in [4.78, 5) is 34.0. The molecule has 0 saturated heterocycles. The Morgan fingerprint density at radius 3 is 2.64 bits per heavy atom. The van der Waals surface area contributed by atoms with Crippen molar-refractivity contribution in [1.29, 1.82) is 0 Å². The van der Waals surface area contributed by atoms with Crippen LogP contribution in [0.2, 0.25) is 0 Å². The van der Waals surface area contributed by atoms with Crippen molar-refractivity contribution < 1.29 is 4.79 Å². The molecule has 166 valence electrons. The molecule has 0 fully saturated rings. The Bertz CT molecular complexity index is 1500. The summed E-state index contributed by atoms with van der Waals surface area (Å²) < 4.78 is 5.03. The number of rotatable bonds is 7. The van der Waals surface area contributed by atoms with Crippen molar-refractivity contribution in [1.82, 2.24) is 34.2 Å². The summed E-state index contributed by atoms with van der Waals surface area (Å²) in [5, 5.41) is 7.66. The van der Waals surface area contributed by atoms with Crippen LogP contribution >= 0.6 is 0 Å². The van der Waals surface area contributed by atoms with Crippen molar-refractivity contribution in [3.63, 3.8) is 0 Å². The standard InChI is InChI=1S/C24H23N7O2/c1-17-6-8-18(9-7-17)13-30-16-27-23-19(24(30)33)12-28-31(23)11-10-25-22(32)14-29-15-26-20-4-2-3-5-21(20)29/h2-9,12,15-16H,10-11,13-14H2,1H3,(H,25,32). The summed E-state index contributed by atoms with van der Waals surface area (Å²) in [6, 6.07) is 15.7. The van der Waals surface area contributed by atoms with E-state index >= 15 is 0 Å². The number of benzene rings is 2. The first-order chi connectivity index (χ1) is 16.1. The number of amides is 1. The van der Waals surface area contributed by atoms with Gasteiger partial charge in [-0.15, -0.1) is 0 Å². The summed E-state index contributed by atoms with van der Waals surface area (Å²) in [5.41, 5.74) is 4.35. The Kier molecular flexibility index (Phi) is 5.43. The molecule has 0 aliphatic heterocycles. The first kappa shape index (κ1) is 20.6. The van der Waals surface area contributed by atoms with Crippen LogP contribution in [0.5, 0.6) is 0 Å². The van der Waals surface area contributed by atoms with Crippen LogP contribution in [0.1, 0.15) is 11.1 Å². The van der Waals surface area contributed by atoms with Gasteiger partial charge in [-0.2, -0.15) is 5.10 Å². The molecule has 0 unspecified atom stereocenters. The second-order valence-corrected chi connectivity index (χ2v) is 7.98. The number of nitrogens with one attached hydrogen (secondary N) is 1. The van der Waals surface area contributed by atoms with Crippen molar-refractivity contribution in [2.45, 2.75) is 26.6 Å². The molecule has 0 spiro atoms. The summed E-state index contributed by atoms with van der Waals surface area (Å²) >= 11 is 0. The van der Waals surface area contributed by atoms with Gasteiger partial charge >= 0.3 is 0 Å². The van der Waals surface area contributed by atoms with Gasteiger partial charge in [-0.1, -0.05) is 42.0 Å². The van der Waals surface area contributed by atoms with Gasteiger partial charge in [-0.25, -0.2) is 14.6 Å². The normalized spacial score (nSPS) is 11.3. The van der Waals surface area contributed by atoms with Gasteiger partial charge in [0.25, 0.3) is 5.56 Å². The van der Waals surface area contributed by atoms with Gasteiger partial charge in [0.05, 0.1) is 36.6 Å². The van der Waals surface area contributed by atoms with Crippen molar-refractivity contribution in [3.05, 3.63) is 88.9 Å². The molecule has 5 aromatic rings. The van der Waals surface area contributed by atoms with E-state index in [4.69, 9.17) is 0 Å². The number of para-hydroxylation sites is 2. The molecule has 0 bridgehead atoms. The lowest BCUT2D eigenvalue weighted by Crippen LogP contribution is -2.30. The predicted molar refractivity (Wildman–Crippen MR) is 125 cm³/mol. The van der Waals surface area contributed by atoms with Crippen molar-refractivity contribution >= 4 is 28.0 Å². The molecule has 0 saturated carbocycles. The summed E-state index contributed by atoms with van der Waals surface area (Å²) in [7, 11) is 0. The van der Waals surface area contributed by atoms with Crippen LogP contribution < -0.4 is 10.9 Å². The van der Waals surface area contributed by atoms with Gasteiger partial charge in [-0.05, 0) is 24.6 Å². The quantitative estimate of drug-likeness (QED) is 0.417. The monoisotopic (exact) mass is 441 g/mol. The minimum atomic E-state index is -0.136. The first-order valence-corrected chi connectivity index (χ1v) is 10.7. The fraction of sp³-hybridized carbons (Fsp3) is 0.208. The van der Waals surface area contributed by atoms with Gasteiger partial charge in [0, 0.05) is 6.54 Å². The maximum absolute atomic E-state index is 12.9. The van der Waals surface area contributed by atoms with Gasteiger partial charge in [0.15, 0.2) is 5.65 Å². The van der Waals surface area contributed by atoms with Crippen LogP contribution in [0.3, 0.4) is 0 Å². The van der Waals surface area contributed by atoms with Crippen molar-refractivity contribution in [2.75, 3.05) is 6.54 Å². The number of carbonyl (C=O) groups excluding carboxylic acids is 1. The smallest absolute Gasteiger partial charge is 0.264 e. The zero-order chi connectivity index (χ0) is 22.8. The molecule has 2 aromatic carbocycles. The summed E-state index contributed by atoms with van der Waals surface area (Å²) in [6.07, 6.45) is 4.75. The van der Waals surface area contributed by atoms with E-state index in [0.29, 0.717) is 30.7 Å². The lowest BCUT2D eigenvalue weighted by atomic mass is 10.1. The molecule has 0 atom stereocenters. The number of hydrogen-bond acceptors (Lipinski definition) is 5. The van der Waals surface area contributed by atoms with Crippen LogP contribution in [0, 0.1) is 6.92 Å². The lowest BCUT2D eigenvalue weighted by Gasteiger charge is -2.08. The molecule has 1 N–H and O–H groups in total. The van der Waals surface area contributed by atoms with Crippen LogP contribution in [-0.4, -0.2) is 41.3 Å². The molecular formula is C24H23N7O2. The third-order valence-corrected chi connectivity index (χ3v) is 5.58. The van der Waals surface area contributed by atoms with E-state index in [9.17, 15) is 9.59 Å². The highest BCUT2D eigenvalue weighted by atomic mass is 16.2. The third kappa shape index (κ3) is 4.25. The van der Waals surface area contributed by atoms with E-state index in [0.717, 1.165) is 16.6 Å². The SMILES string of the molecule is Cc1ccc(Cn2cnc3c(cnn3CCNC(=O)Cn3cnc4ccccc43)c2=O)cc1. The topological polar surface area (TPSA) is 99.6 Å². The maximum Gasteiger partial charge on any atom is 0.264 e. The van der Waals surface area contributed by atoms with Crippen molar-refractivity contribution in [2.24, 2.45) is 0 Å². The molecule has 0 radical (unpaired) electrons. The largest absolute Gasteiger partial charge is 0.353 e. The number of carbonyl (C=O) groups is 1. The predicted octanol–water partition coefficient (Wildman–Crippen LogP) is 2.12. The van der Waals surface area contributed by atoms with E-state index < -0.39 is 0 Å². The van der Waals surface area contributed by atoms with Crippen LogP contribution in [0.15, 0.2) is 72.2 Å². The highest BCUT2D eigenvalue weighted by molar-refractivity contribution is 5.80. The Balaban J connectivity index is 1.23. The Morgan fingerprint density at radius 2 is 1.79 bits per heavy atom. The number of aromatic nitrogens is 6. The third-order valence-electron chi connectivity index (χ3n) is 5.58. The number of fused-ring (bicyclic) bond motifs is 2. The maximum atomic E-state index is 12.9. The van der Waals surface area contributed by atoms with E-state index in [1.54, 1.807) is 21.9 Å². The summed E-state index contributed by atoms with van der Waals surface area (Å²) in [6.45, 7) is 3.44. The first-order valence-electron chi connectivity index (χ1n) is 10.7. The molecule has 0 aliphatic carbocycles. The molecule has 1 amide bonds.